The summed E-state index contributed by atoms with van der Waals surface area (Å²) in [6.07, 6.45) is 67.8. The van der Waals surface area contributed by atoms with Crippen molar-refractivity contribution in [1.29, 1.82) is 0 Å². The van der Waals surface area contributed by atoms with E-state index in [1.807, 2.05) is 0 Å². The Morgan fingerprint density at radius 1 is 0.333 bits per heavy atom. The number of ether oxygens (including phenoxy) is 3. The van der Waals surface area contributed by atoms with Gasteiger partial charge in [0.05, 0.1) is 0 Å². The third kappa shape index (κ3) is 49.0. The van der Waals surface area contributed by atoms with Crippen LogP contribution in [0.4, 0.5) is 0 Å². The summed E-state index contributed by atoms with van der Waals surface area (Å²) in [5.41, 5.74) is 0. The Morgan fingerprint density at radius 3 is 0.984 bits per heavy atom. The lowest BCUT2D eigenvalue weighted by Crippen LogP contribution is -2.30. The minimum atomic E-state index is -0.806. The quantitative estimate of drug-likeness (QED) is 0.0263. The third-order valence-corrected chi connectivity index (χ3v) is 10.2. The predicted octanol–water partition coefficient (Wildman–Crippen LogP) is 16.8. The molecule has 0 saturated carbocycles. The normalized spacial score (nSPS) is 13.0. The molecular formula is C57H92O6. The molecule has 6 nitrogen and oxygen atoms in total. The Kier molecular flexibility index (Phi) is 47.5. The maximum Gasteiger partial charge on any atom is 0.306 e. The van der Waals surface area contributed by atoms with Gasteiger partial charge >= 0.3 is 17.9 Å². The van der Waals surface area contributed by atoms with E-state index >= 15 is 0 Å². The average molecular weight is 873 g/mol. The van der Waals surface area contributed by atoms with E-state index in [0.29, 0.717) is 12.8 Å². The van der Waals surface area contributed by atoms with Crippen LogP contribution >= 0.6 is 0 Å². The largest absolute Gasteiger partial charge is 0.462 e. The molecule has 0 N–H and O–H groups in total. The molecule has 1 atom stereocenters. The van der Waals surface area contributed by atoms with Gasteiger partial charge in [-0.05, 0) is 116 Å². The van der Waals surface area contributed by atoms with Crippen LogP contribution in [0.1, 0.15) is 213 Å². The second-order valence-corrected chi connectivity index (χ2v) is 16.3. The average Bonchev–Trinajstić information content (AvgIpc) is 3.28. The number of unbranched alkanes of at least 4 members (excludes halogenated alkanes) is 15. The number of esters is 3. The lowest BCUT2D eigenvalue weighted by Gasteiger charge is -2.18. The molecule has 0 aliphatic carbocycles. The van der Waals surface area contributed by atoms with Crippen LogP contribution in [0.2, 0.25) is 0 Å². The number of hydrogen-bond donors (Lipinski definition) is 0. The highest BCUT2D eigenvalue weighted by molar-refractivity contribution is 5.71. The number of carbonyl (C=O) groups is 3. The lowest BCUT2D eigenvalue weighted by molar-refractivity contribution is -0.167. The Morgan fingerprint density at radius 2 is 0.619 bits per heavy atom. The number of carbonyl (C=O) groups excluding carboxylic acids is 3. The fourth-order valence-electron chi connectivity index (χ4n) is 6.46. The number of hydrogen-bond acceptors (Lipinski definition) is 6. The highest BCUT2D eigenvalue weighted by atomic mass is 16.6. The van der Waals surface area contributed by atoms with Crippen molar-refractivity contribution < 1.29 is 28.6 Å². The number of rotatable bonds is 44. The third-order valence-electron chi connectivity index (χ3n) is 10.2. The standard InChI is InChI=1S/C57H92O6/c1-4-7-10-13-16-19-22-24-26-28-30-32-35-38-41-44-47-50-56(59)62-53-54(52-61-55(58)49-46-43-40-37-34-21-18-15-12-9-6-3)63-57(60)51-48-45-42-39-36-33-31-29-27-25-23-20-17-14-11-8-5-2/h7-8,10-11,15-20,24-27,30-33,54H,4-6,9,12-14,21-23,28-29,34-53H2,1-3H3/b10-7-,11-8-,18-15-,19-16-,20-17-,26-24-,27-25-,32-30-,33-31-/t54-/m0/s1. The molecule has 0 aliphatic heterocycles. The highest BCUT2D eigenvalue weighted by Gasteiger charge is 2.19. The Balaban J connectivity index is 4.49. The minimum absolute atomic E-state index is 0.103. The summed E-state index contributed by atoms with van der Waals surface area (Å²) in [4.78, 5) is 37.9. The van der Waals surface area contributed by atoms with Crippen molar-refractivity contribution in [2.24, 2.45) is 0 Å². The molecule has 356 valence electrons. The van der Waals surface area contributed by atoms with Crippen molar-refractivity contribution in [2.75, 3.05) is 13.2 Å². The maximum absolute atomic E-state index is 12.8. The van der Waals surface area contributed by atoms with Crippen LogP contribution in [0.5, 0.6) is 0 Å². The first kappa shape index (κ1) is 59.1. The van der Waals surface area contributed by atoms with Crippen molar-refractivity contribution in [1.82, 2.24) is 0 Å². The summed E-state index contributed by atoms with van der Waals surface area (Å²) in [7, 11) is 0. The second kappa shape index (κ2) is 50.7. The second-order valence-electron chi connectivity index (χ2n) is 16.3. The molecule has 6 heteroatoms. The van der Waals surface area contributed by atoms with Gasteiger partial charge in [0.15, 0.2) is 6.10 Å². The summed E-state index contributed by atoms with van der Waals surface area (Å²) < 4.78 is 16.7. The summed E-state index contributed by atoms with van der Waals surface area (Å²) in [6, 6.07) is 0. The molecule has 0 radical (unpaired) electrons. The maximum atomic E-state index is 12.8. The van der Waals surface area contributed by atoms with E-state index in [1.165, 1.54) is 25.7 Å². The molecule has 0 amide bonds. The lowest BCUT2D eigenvalue weighted by atomic mass is 10.1. The Labute approximate surface area is 387 Å². The molecule has 0 saturated heterocycles. The smallest absolute Gasteiger partial charge is 0.306 e. The van der Waals surface area contributed by atoms with Gasteiger partial charge in [0.2, 0.25) is 0 Å². The van der Waals surface area contributed by atoms with Crippen LogP contribution in [0.25, 0.3) is 0 Å². The highest BCUT2D eigenvalue weighted by Crippen LogP contribution is 2.12. The van der Waals surface area contributed by atoms with Gasteiger partial charge in [-0.1, -0.05) is 188 Å². The van der Waals surface area contributed by atoms with Crippen LogP contribution in [-0.2, 0) is 28.6 Å². The zero-order valence-corrected chi connectivity index (χ0v) is 40.5. The summed E-state index contributed by atoms with van der Waals surface area (Å²) in [5.74, 6) is -0.967. The molecule has 0 heterocycles. The first-order chi connectivity index (χ1) is 31.0. The molecule has 0 aliphatic rings. The first-order valence-corrected chi connectivity index (χ1v) is 25.4. The minimum Gasteiger partial charge on any atom is -0.462 e. The Hall–Kier alpha value is -3.93. The van der Waals surface area contributed by atoms with Crippen molar-refractivity contribution >= 4 is 17.9 Å². The van der Waals surface area contributed by atoms with Gasteiger partial charge in [0.1, 0.15) is 13.2 Å². The van der Waals surface area contributed by atoms with Gasteiger partial charge in [0, 0.05) is 19.3 Å². The van der Waals surface area contributed by atoms with E-state index in [4.69, 9.17) is 14.2 Å². The van der Waals surface area contributed by atoms with Crippen LogP contribution in [0, 0.1) is 0 Å². The van der Waals surface area contributed by atoms with Crippen molar-refractivity contribution in [3.05, 3.63) is 109 Å². The Bertz CT molecular complexity index is 1330. The van der Waals surface area contributed by atoms with E-state index in [-0.39, 0.29) is 37.5 Å². The molecule has 0 unspecified atom stereocenters. The van der Waals surface area contributed by atoms with Gasteiger partial charge in [-0.25, -0.2) is 0 Å². The van der Waals surface area contributed by atoms with E-state index in [9.17, 15) is 14.4 Å². The summed E-state index contributed by atoms with van der Waals surface area (Å²) >= 11 is 0. The number of allylic oxidation sites excluding steroid dienone is 18. The molecular weight excluding hydrogens is 781 g/mol. The molecule has 0 spiro atoms. The van der Waals surface area contributed by atoms with Gasteiger partial charge in [-0.3, -0.25) is 14.4 Å². The zero-order chi connectivity index (χ0) is 45.8. The van der Waals surface area contributed by atoms with Gasteiger partial charge in [-0.15, -0.1) is 0 Å². The van der Waals surface area contributed by atoms with Crippen molar-refractivity contribution in [2.45, 2.75) is 219 Å². The zero-order valence-electron chi connectivity index (χ0n) is 40.5. The fourth-order valence-corrected chi connectivity index (χ4v) is 6.46. The van der Waals surface area contributed by atoms with Crippen LogP contribution in [0.3, 0.4) is 0 Å². The predicted molar refractivity (Wildman–Crippen MR) is 270 cm³/mol. The van der Waals surface area contributed by atoms with Crippen molar-refractivity contribution in [3.8, 4) is 0 Å². The molecule has 0 fully saturated rings. The summed E-state index contributed by atoms with van der Waals surface area (Å²) in [5, 5.41) is 0. The molecule has 0 rings (SSSR count). The van der Waals surface area contributed by atoms with E-state index in [1.54, 1.807) is 0 Å². The fraction of sp³-hybridized carbons (Fsp3) is 0.632. The van der Waals surface area contributed by atoms with Gasteiger partial charge < -0.3 is 14.2 Å². The van der Waals surface area contributed by atoms with E-state index in [0.717, 1.165) is 148 Å². The van der Waals surface area contributed by atoms with E-state index < -0.39 is 6.10 Å². The summed E-state index contributed by atoms with van der Waals surface area (Å²) in [6.45, 7) is 6.30. The van der Waals surface area contributed by atoms with Crippen LogP contribution in [-0.4, -0.2) is 37.2 Å². The van der Waals surface area contributed by atoms with E-state index in [2.05, 4.69) is 130 Å². The SMILES string of the molecule is CC/C=C\C/C=C\C/C=C\C/C=C\CCCCCCC(=O)OC[C@H](COC(=O)CCCCCCC/C=C\CCCC)OC(=O)CCCCCC/C=C\C/C=C\C/C=C\C/C=C\CC. The monoisotopic (exact) mass is 873 g/mol. The molecule has 63 heavy (non-hydrogen) atoms. The molecule has 0 bridgehead atoms. The van der Waals surface area contributed by atoms with Gasteiger partial charge in [0.25, 0.3) is 0 Å². The van der Waals surface area contributed by atoms with Crippen molar-refractivity contribution in [3.63, 3.8) is 0 Å². The van der Waals surface area contributed by atoms with Crippen LogP contribution < -0.4 is 0 Å². The molecule has 0 aromatic rings. The van der Waals surface area contributed by atoms with Gasteiger partial charge in [-0.2, -0.15) is 0 Å². The van der Waals surface area contributed by atoms with Crippen LogP contribution in [0.15, 0.2) is 109 Å². The molecule has 0 aromatic heterocycles. The topological polar surface area (TPSA) is 78.9 Å². The molecule has 0 aromatic carbocycles. The first-order valence-electron chi connectivity index (χ1n) is 25.4.